The van der Waals surface area contributed by atoms with E-state index in [1.165, 1.54) is 7.11 Å². The van der Waals surface area contributed by atoms with Crippen LogP contribution in [0.15, 0.2) is 35.2 Å². The molecule has 0 unspecified atom stereocenters. The molecule has 2 aromatic rings. The van der Waals surface area contributed by atoms with Gasteiger partial charge in [-0.3, -0.25) is 0 Å². The summed E-state index contributed by atoms with van der Waals surface area (Å²) in [6.45, 7) is 4.37. The zero-order valence-electron chi connectivity index (χ0n) is 13.9. The predicted molar refractivity (Wildman–Crippen MR) is 91.9 cm³/mol. The molecule has 0 saturated carbocycles. The minimum absolute atomic E-state index is 0. The Hall–Kier alpha value is -1.84. The van der Waals surface area contributed by atoms with Crippen molar-refractivity contribution in [2.75, 3.05) is 19.0 Å². The first-order chi connectivity index (χ1) is 11.8. The summed E-state index contributed by atoms with van der Waals surface area (Å²) >= 11 is 0.999. The van der Waals surface area contributed by atoms with Gasteiger partial charge in [-0.2, -0.15) is 17.5 Å². The zero-order valence-corrected chi connectivity index (χ0v) is 14.7. The van der Waals surface area contributed by atoms with Crippen LogP contribution in [0, 0.1) is 5.92 Å². The number of nitrogens with zero attached hydrogens (tertiary/aromatic N) is 2. The van der Waals surface area contributed by atoms with Crippen molar-refractivity contribution in [3.05, 3.63) is 36.0 Å². The molecule has 0 amide bonds. The molecule has 0 fully saturated rings. The summed E-state index contributed by atoms with van der Waals surface area (Å²) in [4.78, 5) is 13.0. The Bertz CT molecular complexity index is 700. The first-order valence-electron chi connectivity index (χ1n) is 7.47. The van der Waals surface area contributed by atoms with Crippen molar-refractivity contribution in [3.63, 3.8) is 0 Å². The van der Waals surface area contributed by atoms with Gasteiger partial charge in [0.25, 0.3) is 0 Å². The number of benzene rings is 1. The Balaban J connectivity index is 0.00000338. The van der Waals surface area contributed by atoms with Crippen molar-refractivity contribution in [3.8, 4) is 11.3 Å². The summed E-state index contributed by atoms with van der Waals surface area (Å²) in [6.07, 6.45) is -4.55. The molecule has 138 valence electrons. The lowest BCUT2D eigenvalue weighted by Gasteiger charge is -2.13. The molecule has 0 bridgehead atoms. The molecule has 1 aromatic carbocycles. The minimum Gasteiger partial charge on any atom is -0.354 e. The number of hydrogen-bond acceptors (Lipinski definition) is 6. The second-order valence-electron chi connectivity index (χ2n) is 5.58. The first kappa shape index (κ1) is 19.5. The van der Waals surface area contributed by atoms with Crippen LogP contribution in [-0.2, 0) is 15.4 Å². The van der Waals surface area contributed by atoms with E-state index in [4.69, 9.17) is 4.33 Å². The van der Waals surface area contributed by atoms with Gasteiger partial charge < -0.3 is 5.32 Å². The van der Waals surface area contributed by atoms with Crippen molar-refractivity contribution in [2.45, 2.75) is 24.9 Å². The number of rotatable bonds is 7. The second-order valence-corrected chi connectivity index (χ2v) is 6.35. The van der Waals surface area contributed by atoms with Crippen LogP contribution in [0.1, 0.15) is 21.0 Å². The van der Waals surface area contributed by atoms with E-state index in [9.17, 15) is 13.2 Å². The maximum atomic E-state index is 13.1. The number of halogens is 3. The molecule has 2 rings (SSSR count). The lowest BCUT2D eigenvalue weighted by molar-refractivity contribution is -0.160. The Morgan fingerprint density at radius 2 is 1.88 bits per heavy atom. The standard InChI is InChI=1S/C16H18F3N3O2S.H2/c1-10(2)9-20-15-21-13(8-14(22-15)16(17,18)19)11-4-6-12(7-5-11)25-24-23-3;/h4-8,10H,9H2,1-3H3,(H,20,21,22);1H. The fourth-order valence-electron chi connectivity index (χ4n) is 1.87. The average Bonchev–Trinajstić information content (AvgIpc) is 2.57. The van der Waals surface area contributed by atoms with Gasteiger partial charge in [0.15, 0.2) is 5.69 Å². The molecule has 0 aliphatic heterocycles. The molecule has 0 aliphatic carbocycles. The maximum absolute atomic E-state index is 13.1. The van der Waals surface area contributed by atoms with Gasteiger partial charge in [0, 0.05) is 18.4 Å². The van der Waals surface area contributed by atoms with Crippen LogP contribution in [-0.4, -0.2) is 23.6 Å². The normalized spacial score (nSPS) is 11.8. The van der Waals surface area contributed by atoms with Gasteiger partial charge in [-0.1, -0.05) is 26.0 Å². The van der Waals surface area contributed by atoms with Crippen molar-refractivity contribution in [2.24, 2.45) is 5.92 Å². The highest BCUT2D eigenvalue weighted by molar-refractivity contribution is 7.94. The lowest BCUT2D eigenvalue weighted by atomic mass is 10.1. The Kier molecular flexibility index (Phi) is 6.63. The lowest BCUT2D eigenvalue weighted by Crippen LogP contribution is -2.15. The van der Waals surface area contributed by atoms with Gasteiger partial charge >= 0.3 is 6.18 Å². The highest BCUT2D eigenvalue weighted by atomic mass is 32.2. The molecule has 0 saturated heterocycles. The van der Waals surface area contributed by atoms with Crippen LogP contribution in [0.4, 0.5) is 19.1 Å². The van der Waals surface area contributed by atoms with E-state index in [0.29, 0.717) is 12.1 Å². The summed E-state index contributed by atoms with van der Waals surface area (Å²) in [5, 5.41) is 2.84. The quantitative estimate of drug-likeness (QED) is 0.415. The molecule has 25 heavy (non-hydrogen) atoms. The van der Waals surface area contributed by atoms with Gasteiger partial charge in [-0.05, 0) is 24.1 Å². The average molecular weight is 375 g/mol. The van der Waals surface area contributed by atoms with Gasteiger partial charge in [0.2, 0.25) is 5.95 Å². The molecule has 1 aromatic heterocycles. The maximum Gasteiger partial charge on any atom is 0.433 e. The number of nitrogens with one attached hydrogen (secondary N) is 1. The summed E-state index contributed by atoms with van der Waals surface area (Å²) in [5.74, 6) is 0.207. The smallest absolute Gasteiger partial charge is 0.354 e. The van der Waals surface area contributed by atoms with E-state index in [1.807, 2.05) is 13.8 Å². The van der Waals surface area contributed by atoms with Crippen LogP contribution >= 0.6 is 12.0 Å². The molecule has 5 nitrogen and oxygen atoms in total. The molecule has 0 aliphatic rings. The fourth-order valence-corrected chi connectivity index (χ4v) is 2.26. The zero-order chi connectivity index (χ0) is 18.4. The molecule has 1 heterocycles. The summed E-state index contributed by atoms with van der Waals surface area (Å²) < 4.78 is 44.1. The Morgan fingerprint density at radius 1 is 1.20 bits per heavy atom. The molecule has 0 spiro atoms. The fraction of sp³-hybridized carbons (Fsp3) is 0.375. The molecule has 9 heteroatoms. The topological polar surface area (TPSA) is 56.3 Å². The SMILES string of the molecule is COOSc1ccc(-c2cc(C(F)(F)F)nc(NCC(C)C)n2)cc1.[HH]. The van der Waals surface area contributed by atoms with Crippen LogP contribution in [0.5, 0.6) is 0 Å². The van der Waals surface area contributed by atoms with E-state index >= 15 is 0 Å². The van der Waals surface area contributed by atoms with Crippen molar-refractivity contribution in [1.29, 1.82) is 0 Å². The minimum atomic E-state index is -4.55. The van der Waals surface area contributed by atoms with Gasteiger partial charge in [0.05, 0.1) is 24.8 Å². The van der Waals surface area contributed by atoms with E-state index in [2.05, 4.69) is 20.2 Å². The van der Waals surface area contributed by atoms with E-state index in [-0.39, 0.29) is 19.0 Å². The van der Waals surface area contributed by atoms with Crippen LogP contribution in [0.3, 0.4) is 0 Å². The molecule has 1 N–H and O–H groups in total. The Labute approximate surface area is 149 Å². The largest absolute Gasteiger partial charge is 0.433 e. The number of hydrogen-bond donors (Lipinski definition) is 1. The molecule has 0 atom stereocenters. The van der Waals surface area contributed by atoms with Gasteiger partial charge in [-0.15, -0.1) is 0 Å². The molecular formula is C16H20F3N3O2S. The van der Waals surface area contributed by atoms with Gasteiger partial charge in [-0.25, -0.2) is 14.9 Å². The Morgan fingerprint density at radius 3 is 2.44 bits per heavy atom. The second kappa shape index (κ2) is 8.50. The molecule has 0 radical (unpaired) electrons. The van der Waals surface area contributed by atoms with Crippen molar-refractivity contribution >= 4 is 18.0 Å². The van der Waals surface area contributed by atoms with Gasteiger partial charge in [0.1, 0.15) is 0 Å². The number of aromatic nitrogens is 2. The third-order valence-corrected chi connectivity index (χ3v) is 3.70. The van der Waals surface area contributed by atoms with Crippen LogP contribution in [0.2, 0.25) is 0 Å². The third-order valence-electron chi connectivity index (χ3n) is 3.03. The number of anilines is 1. The summed E-state index contributed by atoms with van der Waals surface area (Å²) in [6, 6.07) is 7.67. The van der Waals surface area contributed by atoms with Crippen LogP contribution in [0.25, 0.3) is 11.3 Å². The highest BCUT2D eigenvalue weighted by Gasteiger charge is 2.33. The first-order valence-corrected chi connectivity index (χ1v) is 8.21. The van der Waals surface area contributed by atoms with E-state index < -0.39 is 11.9 Å². The van der Waals surface area contributed by atoms with E-state index in [1.54, 1.807) is 24.3 Å². The predicted octanol–water partition coefficient (Wildman–Crippen LogP) is 5.06. The van der Waals surface area contributed by atoms with E-state index in [0.717, 1.165) is 23.0 Å². The van der Waals surface area contributed by atoms with Crippen molar-refractivity contribution < 1.29 is 23.8 Å². The summed E-state index contributed by atoms with van der Waals surface area (Å²) in [7, 11) is 1.38. The molecular weight excluding hydrogens is 355 g/mol. The third kappa shape index (κ3) is 5.87. The number of alkyl halides is 3. The monoisotopic (exact) mass is 375 g/mol. The van der Waals surface area contributed by atoms with Crippen LogP contribution < -0.4 is 5.32 Å². The van der Waals surface area contributed by atoms with Crippen molar-refractivity contribution in [1.82, 2.24) is 9.97 Å². The highest BCUT2D eigenvalue weighted by Crippen LogP contribution is 2.31. The summed E-state index contributed by atoms with van der Waals surface area (Å²) in [5.41, 5.74) is -0.245.